The minimum Gasteiger partial charge on any atom is -0.355 e. The Morgan fingerprint density at radius 3 is 2.59 bits per heavy atom. The molecule has 1 saturated carbocycles. The number of aromatic nitrogens is 2. The van der Waals surface area contributed by atoms with Crippen molar-refractivity contribution >= 4 is 11.9 Å². The molecular weight excluding hydrogens is 336 g/mol. The van der Waals surface area contributed by atoms with Crippen molar-refractivity contribution < 1.29 is 4.79 Å². The Kier molecular flexibility index (Phi) is 4.10. The molecule has 2 fully saturated rings. The fraction of sp³-hybridized carbons (Fsp3) is 0.500. The molecule has 5 nitrogen and oxygen atoms in total. The molecule has 1 aromatic heterocycles. The molecule has 3 aliphatic rings. The average molecular weight is 362 g/mol. The summed E-state index contributed by atoms with van der Waals surface area (Å²) >= 11 is 0. The van der Waals surface area contributed by atoms with E-state index in [2.05, 4.69) is 44.5 Å². The van der Waals surface area contributed by atoms with Crippen LogP contribution < -0.4 is 10.2 Å². The largest absolute Gasteiger partial charge is 0.355 e. The molecule has 1 amide bonds. The van der Waals surface area contributed by atoms with Gasteiger partial charge >= 0.3 is 0 Å². The van der Waals surface area contributed by atoms with Gasteiger partial charge in [0, 0.05) is 37.4 Å². The second kappa shape index (κ2) is 6.63. The van der Waals surface area contributed by atoms with E-state index in [0.717, 1.165) is 44.8 Å². The third kappa shape index (κ3) is 3.09. The molecule has 5 rings (SSSR count). The van der Waals surface area contributed by atoms with Crippen LogP contribution in [0.5, 0.6) is 0 Å². The predicted molar refractivity (Wildman–Crippen MR) is 105 cm³/mol. The van der Waals surface area contributed by atoms with Crippen molar-refractivity contribution in [3.63, 3.8) is 0 Å². The third-order valence-electron chi connectivity index (χ3n) is 6.64. The molecule has 27 heavy (non-hydrogen) atoms. The van der Waals surface area contributed by atoms with E-state index in [1.54, 1.807) is 12.4 Å². The van der Waals surface area contributed by atoms with Gasteiger partial charge in [-0.1, -0.05) is 24.3 Å². The van der Waals surface area contributed by atoms with E-state index >= 15 is 0 Å². The molecule has 1 spiro atoms. The number of piperidine rings is 1. The van der Waals surface area contributed by atoms with Gasteiger partial charge in [-0.05, 0) is 55.2 Å². The Labute approximate surface area is 160 Å². The zero-order valence-electron chi connectivity index (χ0n) is 15.6. The van der Waals surface area contributed by atoms with Crippen molar-refractivity contribution in [3.05, 3.63) is 53.9 Å². The molecule has 1 aromatic carbocycles. The van der Waals surface area contributed by atoms with Crippen molar-refractivity contribution in [1.82, 2.24) is 15.3 Å². The Morgan fingerprint density at radius 2 is 1.85 bits per heavy atom. The van der Waals surface area contributed by atoms with E-state index in [4.69, 9.17) is 0 Å². The highest BCUT2D eigenvalue weighted by Gasteiger charge is 2.47. The summed E-state index contributed by atoms with van der Waals surface area (Å²) in [5.41, 5.74) is 2.75. The molecule has 1 saturated heterocycles. The van der Waals surface area contributed by atoms with Crippen molar-refractivity contribution in [2.45, 2.75) is 43.4 Å². The van der Waals surface area contributed by atoms with Gasteiger partial charge in [-0.2, -0.15) is 0 Å². The molecule has 0 radical (unpaired) electrons. The van der Waals surface area contributed by atoms with Crippen LogP contribution >= 0.6 is 0 Å². The summed E-state index contributed by atoms with van der Waals surface area (Å²) in [7, 11) is 0. The number of fused-ring (bicyclic) bond motifs is 2. The van der Waals surface area contributed by atoms with Crippen molar-refractivity contribution in [2.24, 2.45) is 5.92 Å². The summed E-state index contributed by atoms with van der Waals surface area (Å²) < 4.78 is 0. The minimum atomic E-state index is -0.000486. The molecule has 0 bridgehead atoms. The predicted octanol–water partition coefficient (Wildman–Crippen LogP) is 3.03. The molecule has 2 aliphatic carbocycles. The van der Waals surface area contributed by atoms with E-state index in [1.165, 1.54) is 24.0 Å². The topological polar surface area (TPSA) is 58.1 Å². The number of hydrogen-bond donors (Lipinski definition) is 1. The van der Waals surface area contributed by atoms with Crippen LogP contribution in [0, 0.1) is 5.92 Å². The molecule has 5 heteroatoms. The van der Waals surface area contributed by atoms with Crippen molar-refractivity contribution in [3.8, 4) is 0 Å². The monoisotopic (exact) mass is 362 g/mol. The lowest BCUT2D eigenvalue weighted by atomic mass is 9.73. The summed E-state index contributed by atoms with van der Waals surface area (Å²) in [5, 5.41) is 3.21. The highest BCUT2D eigenvalue weighted by molar-refractivity contribution is 5.85. The van der Waals surface area contributed by atoms with Crippen LogP contribution in [0.1, 0.15) is 49.1 Å². The number of hydrogen-bond acceptors (Lipinski definition) is 4. The van der Waals surface area contributed by atoms with E-state index in [9.17, 15) is 4.79 Å². The van der Waals surface area contributed by atoms with Gasteiger partial charge in [-0.3, -0.25) is 4.79 Å². The fourth-order valence-electron chi connectivity index (χ4n) is 4.88. The number of carbonyl (C=O) groups is 1. The molecule has 1 N–H and O–H groups in total. The van der Waals surface area contributed by atoms with E-state index in [-0.39, 0.29) is 17.2 Å². The third-order valence-corrected chi connectivity index (χ3v) is 6.64. The maximum atomic E-state index is 12.9. The molecule has 2 aromatic rings. The number of nitrogens with one attached hydrogen (secondary N) is 1. The lowest BCUT2D eigenvalue weighted by molar-refractivity contribution is -0.122. The first-order chi connectivity index (χ1) is 13.3. The zero-order chi connectivity index (χ0) is 18.3. The van der Waals surface area contributed by atoms with Crippen LogP contribution in [0.3, 0.4) is 0 Å². The van der Waals surface area contributed by atoms with E-state index in [0.29, 0.717) is 5.92 Å². The first kappa shape index (κ1) is 16.7. The summed E-state index contributed by atoms with van der Waals surface area (Å²) in [6.45, 7) is 2.73. The molecule has 2 heterocycles. The Balaban J connectivity index is 1.35. The minimum absolute atomic E-state index is 0.000486. The van der Waals surface area contributed by atoms with E-state index in [1.807, 2.05) is 6.07 Å². The van der Waals surface area contributed by atoms with Crippen LogP contribution in [0.4, 0.5) is 5.95 Å². The van der Waals surface area contributed by atoms with Gasteiger partial charge in [0.2, 0.25) is 11.9 Å². The van der Waals surface area contributed by atoms with Crippen LogP contribution in [0.25, 0.3) is 0 Å². The highest BCUT2D eigenvalue weighted by Crippen LogP contribution is 2.51. The maximum absolute atomic E-state index is 12.9. The van der Waals surface area contributed by atoms with Crippen LogP contribution in [-0.4, -0.2) is 35.5 Å². The number of benzene rings is 1. The molecule has 0 unspecified atom stereocenters. The van der Waals surface area contributed by atoms with Gasteiger partial charge in [-0.25, -0.2) is 9.97 Å². The normalized spacial score (nSPS) is 23.3. The Morgan fingerprint density at radius 1 is 1.11 bits per heavy atom. The van der Waals surface area contributed by atoms with Gasteiger partial charge in [-0.15, -0.1) is 0 Å². The Hall–Kier alpha value is -2.43. The summed E-state index contributed by atoms with van der Waals surface area (Å²) in [5.74, 6) is 1.76. The number of nitrogens with zero attached hydrogens (tertiary/aromatic N) is 3. The Bertz CT molecular complexity index is 825. The van der Waals surface area contributed by atoms with Gasteiger partial charge in [0.05, 0.1) is 5.92 Å². The summed E-state index contributed by atoms with van der Waals surface area (Å²) in [6.07, 6.45) is 9.18. The number of amides is 1. The van der Waals surface area contributed by atoms with Crippen molar-refractivity contribution in [1.29, 1.82) is 0 Å². The quantitative estimate of drug-likeness (QED) is 0.908. The second-order valence-electron chi connectivity index (χ2n) is 8.35. The van der Waals surface area contributed by atoms with Gasteiger partial charge in [0.1, 0.15) is 0 Å². The molecule has 140 valence electrons. The number of anilines is 1. The van der Waals surface area contributed by atoms with Gasteiger partial charge in [0.15, 0.2) is 0 Å². The fourth-order valence-corrected chi connectivity index (χ4v) is 4.88. The van der Waals surface area contributed by atoms with Crippen LogP contribution in [0.2, 0.25) is 0 Å². The summed E-state index contributed by atoms with van der Waals surface area (Å²) in [6, 6.07) is 10.5. The molecule has 1 atom stereocenters. The van der Waals surface area contributed by atoms with Crippen LogP contribution in [-0.2, 0) is 10.2 Å². The smallest absolute Gasteiger partial charge is 0.227 e. The van der Waals surface area contributed by atoms with Gasteiger partial charge in [0.25, 0.3) is 0 Å². The van der Waals surface area contributed by atoms with Gasteiger partial charge < -0.3 is 10.2 Å². The standard InChI is InChI=1S/C22H26N4O/c27-20(25-15-16-6-7-16)18-14-22(19-5-2-1-4-17(18)19)8-12-26(13-9-22)21-23-10-3-11-24-21/h1-5,10-11,16,18H,6-9,12-15H2,(H,25,27)/t18-/m0/s1. The maximum Gasteiger partial charge on any atom is 0.227 e. The first-order valence-electron chi connectivity index (χ1n) is 10.1. The average Bonchev–Trinajstić information content (AvgIpc) is 3.51. The number of rotatable bonds is 4. The van der Waals surface area contributed by atoms with Crippen LogP contribution in [0.15, 0.2) is 42.7 Å². The zero-order valence-corrected chi connectivity index (χ0v) is 15.6. The highest BCUT2D eigenvalue weighted by atomic mass is 16.1. The molecule has 1 aliphatic heterocycles. The second-order valence-corrected chi connectivity index (χ2v) is 8.35. The molecular formula is C22H26N4O. The number of carbonyl (C=O) groups excluding carboxylic acids is 1. The summed E-state index contributed by atoms with van der Waals surface area (Å²) in [4.78, 5) is 24.0. The lowest BCUT2D eigenvalue weighted by Crippen LogP contribution is -2.42. The van der Waals surface area contributed by atoms with E-state index < -0.39 is 0 Å². The first-order valence-corrected chi connectivity index (χ1v) is 10.1. The lowest BCUT2D eigenvalue weighted by Gasteiger charge is -2.40. The SMILES string of the molecule is O=C(NCC1CC1)[C@H]1CC2(CCN(c3ncccn3)CC2)c2ccccc21. The van der Waals surface area contributed by atoms with Crippen molar-refractivity contribution in [2.75, 3.05) is 24.5 Å².